The minimum atomic E-state index is -0.584. The smallest absolute Gasteiger partial charge is 0.328 e. The Kier molecular flexibility index (Phi) is 4.63. The SMILES string of the molecule is CCCn1c(=O)[nH]c2ccc(C(=O)C3=C(O)CCCC3=O)c(C)c2c1=O. The molecule has 0 radical (unpaired) electrons. The summed E-state index contributed by atoms with van der Waals surface area (Å²) < 4.78 is 1.10. The van der Waals surface area contributed by atoms with E-state index in [0.717, 1.165) is 4.57 Å². The van der Waals surface area contributed by atoms with Gasteiger partial charge in [-0.25, -0.2) is 4.79 Å². The van der Waals surface area contributed by atoms with Gasteiger partial charge in [-0.05, 0) is 37.5 Å². The zero-order valence-electron chi connectivity index (χ0n) is 14.7. The Labute approximate surface area is 149 Å². The first-order valence-corrected chi connectivity index (χ1v) is 8.63. The van der Waals surface area contributed by atoms with E-state index in [1.165, 1.54) is 12.1 Å². The normalized spacial score (nSPS) is 14.9. The van der Waals surface area contributed by atoms with Gasteiger partial charge in [-0.2, -0.15) is 0 Å². The molecular formula is C19H20N2O5. The number of fused-ring (bicyclic) bond motifs is 1. The van der Waals surface area contributed by atoms with Crippen molar-refractivity contribution in [3.63, 3.8) is 0 Å². The monoisotopic (exact) mass is 356 g/mol. The summed E-state index contributed by atoms with van der Waals surface area (Å²) in [5.41, 5.74) is -0.248. The molecule has 136 valence electrons. The lowest BCUT2D eigenvalue weighted by Gasteiger charge is -2.16. The zero-order chi connectivity index (χ0) is 19.0. The average Bonchev–Trinajstić information content (AvgIpc) is 2.58. The number of rotatable bonds is 4. The van der Waals surface area contributed by atoms with Crippen molar-refractivity contribution >= 4 is 22.5 Å². The molecule has 0 aliphatic heterocycles. The van der Waals surface area contributed by atoms with E-state index in [1.54, 1.807) is 6.92 Å². The van der Waals surface area contributed by atoms with Crippen LogP contribution in [-0.4, -0.2) is 26.2 Å². The number of aliphatic hydroxyl groups is 1. The van der Waals surface area contributed by atoms with Crippen LogP contribution in [0, 0.1) is 6.92 Å². The molecule has 0 saturated heterocycles. The first-order chi connectivity index (χ1) is 12.4. The molecule has 0 spiro atoms. The fourth-order valence-corrected chi connectivity index (χ4v) is 3.39. The molecule has 2 aromatic rings. The van der Waals surface area contributed by atoms with Crippen LogP contribution < -0.4 is 11.2 Å². The molecule has 2 N–H and O–H groups in total. The lowest BCUT2D eigenvalue weighted by molar-refractivity contribution is -0.116. The van der Waals surface area contributed by atoms with Gasteiger partial charge in [0.2, 0.25) is 0 Å². The van der Waals surface area contributed by atoms with Crippen LogP contribution in [0.5, 0.6) is 0 Å². The highest BCUT2D eigenvalue weighted by Crippen LogP contribution is 2.26. The second kappa shape index (κ2) is 6.74. The van der Waals surface area contributed by atoms with Crippen LogP contribution in [0.4, 0.5) is 0 Å². The second-order valence-electron chi connectivity index (χ2n) is 6.48. The first kappa shape index (κ1) is 17.8. The summed E-state index contributed by atoms with van der Waals surface area (Å²) in [6.07, 6.45) is 1.63. The minimum Gasteiger partial charge on any atom is -0.511 e. The molecule has 3 rings (SSSR count). The van der Waals surface area contributed by atoms with E-state index in [9.17, 15) is 24.3 Å². The summed E-state index contributed by atoms with van der Waals surface area (Å²) in [7, 11) is 0. The maximum atomic E-state index is 12.9. The van der Waals surface area contributed by atoms with Gasteiger partial charge in [-0.1, -0.05) is 6.92 Å². The Morgan fingerprint density at radius 2 is 1.96 bits per heavy atom. The number of aromatic nitrogens is 2. The van der Waals surface area contributed by atoms with Crippen LogP contribution in [0.25, 0.3) is 10.9 Å². The van der Waals surface area contributed by atoms with Gasteiger partial charge in [0, 0.05) is 24.9 Å². The molecule has 1 aliphatic carbocycles. The molecule has 1 heterocycles. The predicted molar refractivity (Wildman–Crippen MR) is 96.7 cm³/mol. The van der Waals surface area contributed by atoms with E-state index in [2.05, 4.69) is 4.98 Å². The number of ketones is 2. The molecule has 7 heteroatoms. The number of aromatic amines is 1. The quantitative estimate of drug-likeness (QED) is 0.644. The van der Waals surface area contributed by atoms with Gasteiger partial charge in [-0.15, -0.1) is 0 Å². The summed E-state index contributed by atoms with van der Waals surface area (Å²) in [5.74, 6) is -1.17. The summed E-state index contributed by atoms with van der Waals surface area (Å²) in [5, 5.41) is 10.2. The molecule has 7 nitrogen and oxygen atoms in total. The highest BCUT2D eigenvalue weighted by Gasteiger charge is 2.29. The number of carbonyl (C=O) groups is 2. The van der Waals surface area contributed by atoms with E-state index in [4.69, 9.17) is 0 Å². The number of nitrogens with one attached hydrogen (secondary N) is 1. The standard InChI is InChI=1S/C19H20N2O5/c1-3-9-21-18(25)15-10(2)11(7-8-12(15)20-19(21)26)17(24)16-13(22)5-4-6-14(16)23/h7-8,22H,3-6,9H2,1-2H3,(H,20,26). The van der Waals surface area contributed by atoms with Gasteiger partial charge in [0.1, 0.15) is 11.3 Å². The summed E-state index contributed by atoms with van der Waals surface area (Å²) >= 11 is 0. The van der Waals surface area contributed by atoms with Crippen molar-refractivity contribution in [2.45, 2.75) is 46.1 Å². The van der Waals surface area contributed by atoms with Crippen molar-refractivity contribution in [3.8, 4) is 0 Å². The van der Waals surface area contributed by atoms with E-state index < -0.39 is 17.0 Å². The van der Waals surface area contributed by atoms with Crippen LogP contribution in [0.15, 0.2) is 33.1 Å². The molecule has 1 aromatic heterocycles. The largest absolute Gasteiger partial charge is 0.511 e. The number of H-pyrrole nitrogens is 1. The number of hydrogen-bond donors (Lipinski definition) is 2. The third-order valence-corrected chi connectivity index (χ3v) is 4.71. The van der Waals surface area contributed by atoms with E-state index in [1.807, 2.05) is 6.92 Å². The number of nitrogens with zero attached hydrogens (tertiary/aromatic N) is 1. The summed E-state index contributed by atoms with van der Waals surface area (Å²) in [4.78, 5) is 52.4. The van der Waals surface area contributed by atoms with Gasteiger partial charge in [0.15, 0.2) is 11.6 Å². The number of benzene rings is 1. The van der Waals surface area contributed by atoms with Crippen molar-refractivity contribution in [2.24, 2.45) is 0 Å². The van der Waals surface area contributed by atoms with Crippen LogP contribution in [0.3, 0.4) is 0 Å². The molecule has 0 amide bonds. The van der Waals surface area contributed by atoms with Gasteiger partial charge in [-0.3, -0.25) is 19.0 Å². The zero-order valence-corrected chi connectivity index (χ0v) is 14.7. The third-order valence-electron chi connectivity index (χ3n) is 4.71. The van der Waals surface area contributed by atoms with Crippen LogP contribution in [0.2, 0.25) is 0 Å². The van der Waals surface area contributed by atoms with Crippen LogP contribution in [0.1, 0.15) is 48.5 Å². The highest BCUT2D eigenvalue weighted by atomic mass is 16.3. The van der Waals surface area contributed by atoms with Crippen LogP contribution in [-0.2, 0) is 11.3 Å². The summed E-state index contributed by atoms with van der Waals surface area (Å²) in [6, 6.07) is 2.96. The van der Waals surface area contributed by atoms with Gasteiger partial charge in [0.05, 0.1) is 10.9 Å². The molecule has 26 heavy (non-hydrogen) atoms. The number of allylic oxidation sites excluding steroid dienone is 2. The van der Waals surface area contributed by atoms with Crippen molar-refractivity contribution in [2.75, 3.05) is 0 Å². The highest BCUT2D eigenvalue weighted by molar-refractivity contribution is 6.27. The Hall–Kier alpha value is -2.96. The fraction of sp³-hybridized carbons (Fsp3) is 0.368. The van der Waals surface area contributed by atoms with Crippen molar-refractivity contribution < 1.29 is 14.7 Å². The van der Waals surface area contributed by atoms with Gasteiger partial charge < -0.3 is 10.1 Å². The van der Waals surface area contributed by atoms with Crippen molar-refractivity contribution in [3.05, 3.63) is 55.4 Å². The molecule has 0 fully saturated rings. The first-order valence-electron chi connectivity index (χ1n) is 8.63. The number of Topliss-reactive ketones (excluding diaryl/α,β-unsaturated/α-hetero) is 2. The topological polar surface area (TPSA) is 109 Å². The Morgan fingerprint density at radius 1 is 1.23 bits per heavy atom. The maximum absolute atomic E-state index is 12.9. The van der Waals surface area contributed by atoms with E-state index in [0.29, 0.717) is 23.9 Å². The molecule has 0 atom stereocenters. The Balaban J connectivity index is 2.25. The lowest BCUT2D eigenvalue weighted by atomic mass is 9.88. The van der Waals surface area contributed by atoms with Gasteiger partial charge in [0.25, 0.3) is 5.56 Å². The van der Waals surface area contributed by atoms with Crippen molar-refractivity contribution in [1.82, 2.24) is 9.55 Å². The van der Waals surface area contributed by atoms with Gasteiger partial charge >= 0.3 is 5.69 Å². The van der Waals surface area contributed by atoms with Crippen LogP contribution >= 0.6 is 0 Å². The molecule has 1 aromatic carbocycles. The number of carbonyl (C=O) groups excluding carboxylic acids is 2. The number of aliphatic hydroxyl groups excluding tert-OH is 1. The van der Waals surface area contributed by atoms with E-state index >= 15 is 0 Å². The molecule has 0 saturated carbocycles. The fourth-order valence-electron chi connectivity index (χ4n) is 3.39. The third kappa shape index (κ3) is 2.79. The molecule has 0 bridgehead atoms. The molecular weight excluding hydrogens is 336 g/mol. The number of aryl methyl sites for hydroxylation is 1. The predicted octanol–water partition coefficient (Wildman–Crippen LogP) is 2.16. The summed E-state index contributed by atoms with van der Waals surface area (Å²) in [6.45, 7) is 3.73. The maximum Gasteiger partial charge on any atom is 0.328 e. The van der Waals surface area contributed by atoms with E-state index in [-0.39, 0.29) is 47.5 Å². The Morgan fingerprint density at radius 3 is 2.62 bits per heavy atom. The second-order valence-corrected chi connectivity index (χ2v) is 6.48. The Bertz CT molecular complexity index is 1070. The van der Waals surface area contributed by atoms with Crippen molar-refractivity contribution in [1.29, 1.82) is 0 Å². The molecule has 1 aliphatic rings. The number of hydrogen-bond acceptors (Lipinski definition) is 5. The lowest BCUT2D eigenvalue weighted by Crippen LogP contribution is -2.35. The minimum absolute atomic E-state index is 0.182. The molecule has 0 unspecified atom stereocenters. The average molecular weight is 356 g/mol.